The van der Waals surface area contributed by atoms with Crippen molar-refractivity contribution in [1.29, 1.82) is 0 Å². The molecular formula is C14H15NO6. The Labute approximate surface area is 121 Å². The number of hydrogen-bond acceptors (Lipinski definition) is 6. The number of carbonyl (C=O) groups is 1. The number of benzene rings is 1. The fourth-order valence-electron chi connectivity index (χ4n) is 1.96. The van der Waals surface area contributed by atoms with Crippen molar-refractivity contribution >= 4 is 5.97 Å². The van der Waals surface area contributed by atoms with Gasteiger partial charge in [-0.3, -0.25) is 0 Å². The minimum atomic E-state index is -1.19. The first-order valence-corrected chi connectivity index (χ1v) is 6.05. The number of ether oxygens (including phenoxy) is 3. The predicted molar refractivity (Wildman–Crippen MR) is 72.7 cm³/mol. The van der Waals surface area contributed by atoms with Crippen molar-refractivity contribution in [1.82, 2.24) is 5.16 Å². The summed E-state index contributed by atoms with van der Waals surface area (Å²) in [5.41, 5.74) is 1.76. The molecule has 0 aliphatic carbocycles. The molecule has 0 fully saturated rings. The molecule has 0 spiro atoms. The lowest BCUT2D eigenvalue weighted by molar-refractivity contribution is 0.0652. The van der Waals surface area contributed by atoms with Crippen molar-refractivity contribution in [2.24, 2.45) is 0 Å². The van der Waals surface area contributed by atoms with Crippen LogP contribution in [-0.2, 0) is 11.3 Å². The zero-order valence-electron chi connectivity index (χ0n) is 11.9. The molecule has 0 unspecified atom stereocenters. The number of rotatable bonds is 6. The minimum Gasteiger partial charge on any atom is -0.493 e. The van der Waals surface area contributed by atoms with Gasteiger partial charge in [0.25, 0.3) is 0 Å². The molecule has 0 saturated heterocycles. The van der Waals surface area contributed by atoms with Crippen LogP contribution in [0.2, 0.25) is 0 Å². The van der Waals surface area contributed by atoms with Gasteiger partial charge < -0.3 is 23.8 Å². The second-order valence-corrected chi connectivity index (χ2v) is 4.19. The van der Waals surface area contributed by atoms with E-state index in [0.29, 0.717) is 29.4 Å². The fourth-order valence-corrected chi connectivity index (χ4v) is 1.96. The number of carboxylic acids is 1. The summed E-state index contributed by atoms with van der Waals surface area (Å²) < 4.78 is 20.5. The molecule has 0 radical (unpaired) electrons. The van der Waals surface area contributed by atoms with Gasteiger partial charge in [-0.2, -0.15) is 0 Å². The summed E-state index contributed by atoms with van der Waals surface area (Å²) in [6, 6.07) is 4.90. The van der Waals surface area contributed by atoms with E-state index >= 15 is 0 Å². The molecule has 0 atom stereocenters. The molecule has 0 aliphatic heterocycles. The summed E-state index contributed by atoms with van der Waals surface area (Å²) in [5, 5.41) is 12.7. The van der Waals surface area contributed by atoms with E-state index < -0.39 is 5.97 Å². The number of hydrogen-bond donors (Lipinski definition) is 1. The van der Waals surface area contributed by atoms with Gasteiger partial charge in [0, 0.05) is 13.2 Å². The molecule has 0 aliphatic rings. The third-order valence-corrected chi connectivity index (χ3v) is 2.85. The third kappa shape index (κ3) is 2.97. The summed E-state index contributed by atoms with van der Waals surface area (Å²) in [5.74, 6) is -0.486. The maximum atomic E-state index is 10.9. The van der Waals surface area contributed by atoms with Crippen molar-refractivity contribution < 1.29 is 28.6 Å². The maximum absolute atomic E-state index is 10.9. The van der Waals surface area contributed by atoms with Crippen molar-refractivity contribution in [3.8, 4) is 22.8 Å². The molecule has 7 nitrogen and oxygen atoms in total. The summed E-state index contributed by atoms with van der Waals surface area (Å²) in [6.07, 6.45) is 0. The summed E-state index contributed by atoms with van der Waals surface area (Å²) >= 11 is 0. The molecule has 2 aromatic rings. The van der Waals surface area contributed by atoms with Gasteiger partial charge in [-0.05, 0) is 17.7 Å². The van der Waals surface area contributed by atoms with E-state index in [9.17, 15) is 4.79 Å². The Kier molecular flexibility index (Phi) is 4.44. The molecule has 0 bridgehead atoms. The quantitative estimate of drug-likeness (QED) is 0.872. The highest BCUT2D eigenvalue weighted by atomic mass is 16.5. The van der Waals surface area contributed by atoms with E-state index in [2.05, 4.69) is 5.16 Å². The van der Waals surface area contributed by atoms with Gasteiger partial charge >= 0.3 is 5.97 Å². The lowest BCUT2D eigenvalue weighted by atomic mass is 10.1. The Bertz CT molecular complexity index is 649. The van der Waals surface area contributed by atoms with Crippen LogP contribution >= 0.6 is 0 Å². The van der Waals surface area contributed by atoms with E-state index in [1.54, 1.807) is 19.2 Å². The number of methoxy groups -OCH3 is 3. The van der Waals surface area contributed by atoms with Gasteiger partial charge in [0.05, 0.1) is 26.4 Å². The first kappa shape index (κ1) is 14.9. The van der Waals surface area contributed by atoms with E-state index in [4.69, 9.17) is 23.8 Å². The van der Waals surface area contributed by atoms with Gasteiger partial charge in [0.2, 0.25) is 5.76 Å². The molecule has 7 heteroatoms. The van der Waals surface area contributed by atoms with Crippen molar-refractivity contribution in [3.05, 3.63) is 29.5 Å². The smallest absolute Gasteiger partial charge is 0.374 e. The Morgan fingerprint density at radius 3 is 2.52 bits per heavy atom. The van der Waals surface area contributed by atoms with E-state index in [0.717, 1.165) is 5.56 Å². The van der Waals surface area contributed by atoms with Crippen LogP contribution in [0, 0.1) is 0 Å². The Balaban J connectivity index is 2.57. The van der Waals surface area contributed by atoms with E-state index in [1.165, 1.54) is 20.3 Å². The SMILES string of the molecule is COCc1cc(OC)c(OC)c(-c2cc(C(=O)O)on2)c1. The predicted octanol–water partition coefficient (Wildman–Crippen LogP) is 2.20. The monoisotopic (exact) mass is 293 g/mol. The lowest BCUT2D eigenvalue weighted by Crippen LogP contribution is -1.97. The standard InChI is InChI=1S/C14H15NO6/c1-18-7-8-4-9(13(20-3)11(5-8)19-2)10-6-12(14(16)17)21-15-10/h4-6H,7H2,1-3H3,(H,16,17). The van der Waals surface area contributed by atoms with E-state index in [-0.39, 0.29) is 5.76 Å². The van der Waals surface area contributed by atoms with Gasteiger partial charge in [-0.25, -0.2) is 4.79 Å². The lowest BCUT2D eigenvalue weighted by Gasteiger charge is -2.13. The molecule has 21 heavy (non-hydrogen) atoms. The minimum absolute atomic E-state index is 0.247. The van der Waals surface area contributed by atoms with Crippen LogP contribution in [0.15, 0.2) is 22.7 Å². The molecule has 1 aromatic heterocycles. The summed E-state index contributed by atoms with van der Waals surface area (Å²) in [7, 11) is 4.59. The molecule has 0 saturated carbocycles. The number of aromatic nitrogens is 1. The van der Waals surface area contributed by atoms with Crippen molar-refractivity contribution in [2.75, 3.05) is 21.3 Å². The Morgan fingerprint density at radius 1 is 1.24 bits per heavy atom. The summed E-state index contributed by atoms with van der Waals surface area (Å²) in [4.78, 5) is 10.9. The molecule has 112 valence electrons. The first-order chi connectivity index (χ1) is 10.1. The Morgan fingerprint density at radius 2 is 2.00 bits per heavy atom. The van der Waals surface area contributed by atoms with Crippen molar-refractivity contribution in [3.63, 3.8) is 0 Å². The highest BCUT2D eigenvalue weighted by molar-refractivity contribution is 5.86. The third-order valence-electron chi connectivity index (χ3n) is 2.85. The highest BCUT2D eigenvalue weighted by Gasteiger charge is 2.19. The van der Waals surface area contributed by atoms with Crippen LogP contribution in [0.4, 0.5) is 0 Å². The van der Waals surface area contributed by atoms with Gasteiger partial charge in [-0.15, -0.1) is 0 Å². The number of nitrogens with zero attached hydrogens (tertiary/aromatic N) is 1. The molecule has 2 rings (SSSR count). The molecule has 1 aromatic carbocycles. The van der Waals surface area contributed by atoms with Gasteiger partial charge in [0.1, 0.15) is 5.69 Å². The van der Waals surface area contributed by atoms with Crippen LogP contribution in [0.3, 0.4) is 0 Å². The second kappa shape index (κ2) is 6.27. The first-order valence-electron chi connectivity index (χ1n) is 6.05. The fraction of sp³-hybridized carbons (Fsp3) is 0.286. The van der Waals surface area contributed by atoms with Crippen LogP contribution < -0.4 is 9.47 Å². The normalized spacial score (nSPS) is 10.4. The largest absolute Gasteiger partial charge is 0.493 e. The van der Waals surface area contributed by atoms with Gasteiger partial charge in [0.15, 0.2) is 11.5 Å². The van der Waals surface area contributed by atoms with Crippen LogP contribution in [0.25, 0.3) is 11.3 Å². The van der Waals surface area contributed by atoms with Crippen LogP contribution in [0.5, 0.6) is 11.5 Å². The average Bonchev–Trinajstić information content (AvgIpc) is 2.96. The topological polar surface area (TPSA) is 91.0 Å². The highest BCUT2D eigenvalue weighted by Crippen LogP contribution is 2.39. The maximum Gasteiger partial charge on any atom is 0.374 e. The molecular weight excluding hydrogens is 278 g/mol. The number of aromatic carboxylic acids is 1. The molecule has 0 amide bonds. The molecule has 1 heterocycles. The van der Waals surface area contributed by atoms with Gasteiger partial charge in [-0.1, -0.05) is 5.16 Å². The Hall–Kier alpha value is -2.54. The second-order valence-electron chi connectivity index (χ2n) is 4.19. The number of carboxylic acid groups (broad SMARTS) is 1. The summed E-state index contributed by atoms with van der Waals surface area (Å²) in [6.45, 7) is 0.372. The average molecular weight is 293 g/mol. The zero-order valence-corrected chi connectivity index (χ0v) is 11.9. The van der Waals surface area contributed by atoms with Crippen molar-refractivity contribution in [2.45, 2.75) is 6.61 Å². The van der Waals surface area contributed by atoms with E-state index in [1.807, 2.05) is 0 Å². The van der Waals surface area contributed by atoms with Crippen LogP contribution in [-0.4, -0.2) is 37.6 Å². The van der Waals surface area contributed by atoms with Crippen LogP contribution in [0.1, 0.15) is 16.1 Å². The zero-order chi connectivity index (χ0) is 15.4. The molecule has 1 N–H and O–H groups in total.